The lowest BCUT2D eigenvalue weighted by molar-refractivity contribution is 0.0602. The van der Waals surface area contributed by atoms with Crippen molar-refractivity contribution >= 4 is 15.9 Å². The normalized spacial score (nSPS) is 24.4. The van der Waals surface area contributed by atoms with Crippen LogP contribution in [0.15, 0.2) is 10.7 Å². The Labute approximate surface area is 116 Å². The summed E-state index contributed by atoms with van der Waals surface area (Å²) in [5.41, 5.74) is 0.858. The number of aliphatic hydroxyl groups excluding tert-OH is 1. The smallest absolute Gasteiger partial charge is 0.0983 e. The Kier molecular flexibility index (Phi) is 4.42. The molecule has 1 aromatic rings. The van der Waals surface area contributed by atoms with Crippen molar-refractivity contribution in [1.82, 2.24) is 19.6 Å². The Morgan fingerprint density at radius 1 is 1.44 bits per heavy atom. The molecule has 2 rings (SSSR count). The maximum Gasteiger partial charge on any atom is 0.0983 e. The summed E-state index contributed by atoms with van der Waals surface area (Å²) in [6.07, 6.45) is 1.99. The van der Waals surface area contributed by atoms with Gasteiger partial charge in [0.05, 0.1) is 22.5 Å². The fourth-order valence-corrected chi connectivity index (χ4v) is 3.13. The van der Waals surface area contributed by atoms with E-state index in [2.05, 4.69) is 44.9 Å². The predicted molar refractivity (Wildman–Crippen MR) is 74.4 cm³/mol. The number of aliphatic hydroxyl groups is 1. The number of nitrogens with zero attached hydrogens (tertiary/aromatic N) is 4. The Morgan fingerprint density at radius 3 is 2.78 bits per heavy atom. The highest BCUT2D eigenvalue weighted by Gasteiger charge is 2.27. The van der Waals surface area contributed by atoms with Gasteiger partial charge in [-0.1, -0.05) is 0 Å². The first-order valence-electron chi connectivity index (χ1n) is 6.23. The highest BCUT2D eigenvalue weighted by atomic mass is 79.9. The van der Waals surface area contributed by atoms with Crippen molar-refractivity contribution in [3.05, 3.63) is 16.4 Å². The monoisotopic (exact) mass is 316 g/mol. The van der Waals surface area contributed by atoms with Gasteiger partial charge in [0.25, 0.3) is 0 Å². The molecule has 18 heavy (non-hydrogen) atoms. The minimum atomic E-state index is -0.481. The van der Waals surface area contributed by atoms with E-state index in [1.54, 1.807) is 10.9 Å². The average molecular weight is 317 g/mol. The molecule has 0 radical (unpaired) electrons. The molecule has 0 aromatic carbocycles. The van der Waals surface area contributed by atoms with Gasteiger partial charge < -0.3 is 14.9 Å². The second-order valence-corrected chi connectivity index (χ2v) is 6.00. The first-order valence-corrected chi connectivity index (χ1v) is 7.02. The maximum absolute atomic E-state index is 10.4. The largest absolute Gasteiger partial charge is 0.387 e. The van der Waals surface area contributed by atoms with Gasteiger partial charge in [-0.15, -0.1) is 0 Å². The summed E-state index contributed by atoms with van der Waals surface area (Å²) >= 11 is 3.44. The molecule has 5 nitrogen and oxygen atoms in total. The minimum Gasteiger partial charge on any atom is -0.387 e. The summed E-state index contributed by atoms with van der Waals surface area (Å²) < 4.78 is 2.62. The van der Waals surface area contributed by atoms with Gasteiger partial charge in [0.2, 0.25) is 0 Å². The number of hydrogen-bond donors (Lipinski definition) is 1. The van der Waals surface area contributed by atoms with Gasteiger partial charge in [0, 0.05) is 32.7 Å². The number of rotatable bonds is 3. The quantitative estimate of drug-likeness (QED) is 0.898. The van der Waals surface area contributed by atoms with Crippen LogP contribution in [0.3, 0.4) is 0 Å². The number of hydrogen-bond acceptors (Lipinski definition) is 4. The lowest BCUT2D eigenvalue weighted by Crippen LogP contribution is -2.50. The first kappa shape index (κ1) is 14.0. The molecule has 1 aliphatic heterocycles. The molecule has 6 heteroatoms. The SMILES string of the molecule is CN1CCN(C)C(CC(O)c2c(Br)cnn2C)C1. The van der Waals surface area contributed by atoms with Gasteiger partial charge >= 0.3 is 0 Å². The molecule has 1 fully saturated rings. The number of aryl methyl sites for hydroxylation is 1. The van der Waals surface area contributed by atoms with Crippen LogP contribution in [0.2, 0.25) is 0 Å². The molecule has 2 atom stereocenters. The molecule has 1 saturated heterocycles. The summed E-state index contributed by atoms with van der Waals surface area (Å²) in [6, 6.07) is 0.389. The third kappa shape index (κ3) is 2.93. The number of piperazine rings is 1. The summed E-state index contributed by atoms with van der Waals surface area (Å²) in [7, 11) is 6.12. The van der Waals surface area contributed by atoms with E-state index in [4.69, 9.17) is 0 Å². The van der Waals surface area contributed by atoms with E-state index in [1.165, 1.54) is 0 Å². The van der Waals surface area contributed by atoms with Crippen LogP contribution in [0.1, 0.15) is 18.2 Å². The Bertz CT molecular complexity index is 389. The molecule has 102 valence electrons. The third-order valence-corrected chi connectivity index (χ3v) is 4.34. The van der Waals surface area contributed by atoms with Gasteiger partial charge in [-0.3, -0.25) is 4.68 Å². The van der Waals surface area contributed by atoms with Gasteiger partial charge in [0.1, 0.15) is 0 Å². The van der Waals surface area contributed by atoms with E-state index in [9.17, 15) is 5.11 Å². The van der Waals surface area contributed by atoms with Crippen molar-refractivity contribution in [2.75, 3.05) is 33.7 Å². The van der Waals surface area contributed by atoms with Crippen LogP contribution in [-0.2, 0) is 7.05 Å². The molecule has 0 bridgehead atoms. The van der Waals surface area contributed by atoms with Gasteiger partial charge in [-0.25, -0.2) is 0 Å². The standard InChI is InChI=1S/C12H21BrN4O/c1-15-4-5-16(2)9(8-15)6-11(18)12-10(13)7-14-17(12)3/h7,9,11,18H,4-6,8H2,1-3H3. The lowest BCUT2D eigenvalue weighted by atomic mass is 10.0. The number of halogens is 1. The number of likely N-dealkylation sites (N-methyl/N-ethyl adjacent to an activating group) is 2. The lowest BCUT2D eigenvalue weighted by Gasteiger charge is -2.38. The predicted octanol–water partition coefficient (Wildman–Crippen LogP) is 0.852. The topological polar surface area (TPSA) is 44.5 Å². The van der Waals surface area contributed by atoms with E-state index in [1.807, 2.05) is 7.05 Å². The van der Waals surface area contributed by atoms with E-state index in [-0.39, 0.29) is 0 Å². The zero-order valence-electron chi connectivity index (χ0n) is 11.2. The van der Waals surface area contributed by atoms with E-state index in [0.29, 0.717) is 6.04 Å². The van der Waals surface area contributed by atoms with Gasteiger partial charge in [-0.2, -0.15) is 5.10 Å². The van der Waals surface area contributed by atoms with Gasteiger partial charge in [0.15, 0.2) is 0 Å². The zero-order chi connectivity index (χ0) is 13.3. The Balaban J connectivity index is 2.04. The number of aromatic nitrogens is 2. The average Bonchev–Trinajstić information content (AvgIpc) is 2.63. The maximum atomic E-state index is 10.4. The zero-order valence-corrected chi connectivity index (χ0v) is 12.8. The van der Waals surface area contributed by atoms with E-state index < -0.39 is 6.10 Å². The van der Waals surface area contributed by atoms with E-state index >= 15 is 0 Å². The van der Waals surface area contributed by atoms with Crippen LogP contribution in [0, 0.1) is 0 Å². The van der Waals surface area contributed by atoms with Crippen LogP contribution in [0.25, 0.3) is 0 Å². The molecule has 1 aliphatic rings. The molecule has 2 heterocycles. The molecule has 0 aliphatic carbocycles. The molecule has 0 saturated carbocycles. The fourth-order valence-electron chi connectivity index (χ4n) is 2.52. The van der Waals surface area contributed by atoms with Crippen LogP contribution >= 0.6 is 15.9 Å². The van der Waals surface area contributed by atoms with Crippen LogP contribution in [0.4, 0.5) is 0 Å². The van der Waals surface area contributed by atoms with Gasteiger partial charge in [-0.05, 0) is 36.4 Å². The van der Waals surface area contributed by atoms with Crippen LogP contribution in [-0.4, -0.2) is 64.5 Å². The van der Waals surface area contributed by atoms with E-state index in [0.717, 1.165) is 36.2 Å². The molecule has 1 N–H and O–H groups in total. The van der Waals surface area contributed by atoms with Crippen molar-refractivity contribution in [3.8, 4) is 0 Å². The highest BCUT2D eigenvalue weighted by Crippen LogP contribution is 2.27. The molecule has 0 spiro atoms. The third-order valence-electron chi connectivity index (χ3n) is 3.73. The van der Waals surface area contributed by atoms with Crippen molar-refractivity contribution in [2.45, 2.75) is 18.6 Å². The molecule has 2 unspecified atom stereocenters. The molecule has 0 amide bonds. The minimum absolute atomic E-state index is 0.389. The summed E-state index contributed by atoms with van der Waals surface area (Å²) in [5.74, 6) is 0. The highest BCUT2D eigenvalue weighted by molar-refractivity contribution is 9.10. The van der Waals surface area contributed by atoms with Crippen molar-refractivity contribution in [3.63, 3.8) is 0 Å². The first-order chi connectivity index (χ1) is 8.49. The molecule has 1 aromatic heterocycles. The summed E-state index contributed by atoms with van der Waals surface area (Å²) in [5, 5.41) is 14.5. The fraction of sp³-hybridized carbons (Fsp3) is 0.750. The summed E-state index contributed by atoms with van der Waals surface area (Å²) in [6.45, 7) is 3.15. The van der Waals surface area contributed by atoms with Crippen molar-refractivity contribution in [1.29, 1.82) is 0 Å². The summed E-state index contributed by atoms with van der Waals surface area (Å²) in [4.78, 5) is 4.64. The molecular weight excluding hydrogens is 296 g/mol. The second kappa shape index (κ2) is 5.69. The van der Waals surface area contributed by atoms with Crippen LogP contribution in [0.5, 0.6) is 0 Å². The van der Waals surface area contributed by atoms with Crippen molar-refractivity contribution in [2.24, 2.45) is 7.05 Å². The Morgan fingerprint density at radius 2 is 2.17 bits per heavy atom. The Hall–Kier alpha value is -0.430. The molecular formula is C12H21BrN4O. The van der Waals surface area contributed by atoms with Crippen LogP contribution < -0.4 is 0 Å². The second-order valence-electron chi connectivity index (χ2n) is 5.15. The van der Waals surface area contributed by atoms with Crippen molar-refractivity contribution < 1.29 is 5.11 Å².